The fourth-order valence-corrected chi connectivity index (χ4v) is 3.05. The number of nitrogens with zero attached hydrogens (tertiary/aromatic N) is 2. The topological polar surface area (TPSA) is 105 Å². The number of phenols is 1. The van der Waals surface area contributed by atoms with E-state index in [1.807, 2.05) is 30.3 Å². The first-order valence-electron chi connectivity index (χ1n) is 8.64. The van der Waals surface area contributed by atoms with Crippen molar-refractivity contribution in [2.24, 2.45) is 0 Å². The molecule has 29 heavy (non-hydrogen) atoms. The van der Waals surface area contributed by atoms with Crippen molar-refractivity contribution in [3.05, 3.63) is 104 Å². The maximum Gasteiger partial charge on any atom is 0.330 e. The van der Waals surface area contributed by atoms with Gasteiger partial charge in [0.05, 0.1) is 17.5 Å². The van der Waals surface area contributed by atoms with Gasteiger partial charge in [-0.3, -0.25) is 19.1 Å². The van der Waals surface area contributed by atoms with Gasteiger partial charge in [-0.25, -0.2) is 14.2 Å². The lowest BCUT2D eigenvalue weighted by Crippen LogP contribution is -2.31. The SMILES string of the molecule is O=C(c1cnc2c(c1)c(=O)[nH]c(=O)n2Cc1ccccc1)c1cc(F)ccc1O. The second-order valence-corrected chi connectivity index (χ2v) is 6.42. The number of phenolic OH excluding ortho intramolecular Hbond substituents is 1. The molecule has 0 atom stereocenters. The normalized spacial score (nSPS) is 10.9. The van der Waals surface area contributed by atoms with Crippen LogP contribution in [0.2, 0.25) is 0 Å². The Morgan fingerprint density at radius 2 is 1.86 bits per heavy atom. The number of fused-ring (bicyclic) bond motifs is 1. The van der Waals surface area contributed by atoms with E-state index in [0.29, 0.717) is 0 Å². The fraction of sp³-hybridized carbons (Fsp3) is 0.0476. The van der Waals surface area contributed by atoms with Crippen LogP contribution in [0.3, 0.4) is 0 Å². The maximum atomic E-state index is 13.5. The quantitative estimate of drug-likeness (QED) is 0.519. The Balaban J connectivity index is 1.84. The molecule has 2 N–H and O–H groups in total. The molecule has 4 rings (SSSR count). The van der Waals surface area contributed by atoms with E-state index in [0.717, 1.165) is 23.8 Å². The molecule has 2 aromatic heterocycles. The third-order valence-electron chi connectivity index (χ3n) is 4.48. The molecule has 7 nitrogen and oxygen atoms in total. The van der Waals surface area contributed by atoms with Crippen LogP contribution in [0.15, 0.2) is 70.4 Å². The zero-order valence-corrected chi connectivity index (χ0v) is 14.9. The number of aromatic nitrogens is 3. The second kappa shape index (κ2) is 7.16. The molecule has 4 aromatic rings. The lowest BCUT2D eigenvalue weighted by Gasteiger charge is -2.10. The van der Waals surface area contributed by atoms with E-state index in [1.54, 1.807) is 0 Å². The Labute approximate surface area is 162 Å². The van der Waals surface area contributed by atoms with Crippen molar-refractivity contribution in [1.29, 1.82) is 0 Å². The van der Waals surface area contributed by atoms with Crippen molar-refractivity contribution in [1.82, 2.24) is 14.5 Å². The minimum Gasteiger partial charge on any atom is -0.507 e. The molecule has 0 saturated heterocycles. The molecule has 0 fully saturated rings. The maximum absolute atomic E-state index is 13.5. The molecule has 8 heteroatoms. The Morgan fingerprint density at radius 3 is 2.62 bits per heavy atom. The van der Waals surface area contributed by atoms with Gasteiger partial charge in [0.1, 0.15) is 17.2 Å². The highest BCUT2D eigenvalue weighted by Gasteiger charge is 2.18. The van der Waals surface area contributed by atoms with Crippen LogP contribution in [0.4, 0.5) is 4.39 Å². The summed E-state index contributed by atoms with van der Waals surface area (Å²) < 4.78 is 14.8. The molecule has 0 amide bonds. The first-order valence-corrected chi connectivity index (χ1v) is 8.64. The van der Waals surface area contributed by atoms with E-state index >= 15 is 0 Å². The molecule has 0 aliphatic carbocycles. The van der Waals surface area contributed by atoms with Crippen LogP contribution in [0.5, 0.6) is 5.75 Å². The smallest absolute Gasteiger partial charge is 0.330 e. The first-order chi connectivity index (χ1) is 13.9. The highest BCUT2D eigenvalue weighted by Crippen LogP contribution is 2.22. The molecule has 0 aliphatic rings. The Kier molecular flexibility index (Phi) is 4.52. The number of halogens is 1. The number of hydrogen-bond donors (Lipinski definition) is 2. The summed E-state index contributed by atoms with van der Waals surface area (Å²) in [6.07, 6.45) is 1.19. The summed E-state index contributed by atoms with van der Waals surface area (Å²) >= 11 is 0. The van der Waals surface area contributed by atoms with E-state index in [2.05, 4.69) is 9.97 Å². The van der Waals surface area contributed by atoms with Gasteiger partial charge < -0.3 is 5.11 Å². The summed E-state index contributed by atoms with van der Waals surface area (Å²) in [6.45, 7) is 0.179. The summed E-state index contributed by atoms with van der Waals surface area (Å²) in [4.78, 5) is 43.6. The Hall–Kier alpha value is -4.07. The van der Waals surface area contributed by atoms with Gasteiger partial charge in [-0.15, -0.1) is 0 Å². The molecule has 2 aromatic carbocycles. The minimum absolute atomic E-state index is 0.0196. The third kappa shape index (κ3) is 3.43. The average Bonchev–Trinajstić information content (AvgIpc) is 2.73. The van der Waals surface area contributed by atoms with Gasteiger partial charge in [0.15, 0.2) is 5.78 Å². The van der Waals surface area contributed by atoms with E-state index in [9.17, 15) is 23.9 Å². The van der Waals surface area contributed by atoms with Crippen molar-refractivity contribution in [3.8, 4) is 5.75 Å². The van der Waals surface area contributed by atoms with Crippen LogP contribution < -0.4 is 11.2 Å². The van der Waals surface area contributed by atoms with Gasteiger partial charge >= 0.3 is 5.69 Å². The van der Waals surface area contributed by atoms with Crippen molar-refractivity contribution < 1.29 is 14.3 Å². The monoisotopic (exact) mass is 391 g/mol. The largest absolute Gasteiger partial charge is 0.507 e. The number of carbonyl (C=O) groups excluding carboxylic acids is 1. The van der Waals surface area contributed by atoms with Gasteiger partial charge in [-0.05, 0) is 29.8 Å². The second-order valence-electron chi connectivity index (χ2n) is 6.42. The van der Waals surface area contributed by atoms with E-state index in [-0.39, 0.29) is 34.5 Å². The number of pyridine rings is 1. The van der Waals surface area contributed by atoms with Crippen LogP contribution in [0.1, 0.15) is 21.5 Å². The number of rotatable bonds is 4. The zero-order chi connectivity index (χ0) is 20.5. The lowest BCUT2D eigenvalue weighted by atomic mass is 10.0. The van der Waals surface area contributed by atoms with Crippen molar-refractivity contribution in [2.45, 2.75) is 6.54 Å². The molecule has 0 aliphatic heterocycles. The minimum atomic E-state index is -0.698. The number of hydrogen-bond acceptors (Lipinski definition) is 5. The van der Waals surface area contributed by atoms with Gasteiger partial charge in [0, 0.05) is 11.8 Å². The first kappa shape index (κ1) is 18.3. The van der Waals surface area contributed by atoms with Crippen LogP contribution >= 0.6 is 0 Å². The Bertz CT molecular complexity index is 1360. The highest BCUT2D eigenvalue weighted by atomic mass is 19.1. The van der Waals surface area contributed by atoms with Crippen LogP contribution in [0, 0.1) is 5.82 Å². The standard InChI is InChI=1S/C21H14FN3O4/c22-14-6-7-17(26)15(9-14)18(27)13-8-16-19(23-10-13)25(21(29)24-20(16)28)11-12-4-2-1-3-5-12/h1-10,26H,11H2,(H,24,28,29). The molecule has 2 heterocycles. The summed E-state index contributed by atoms with van der Waals surface area (Å²) in [5, 5.41) is 9.89. The zero-order valence-electron chi connectivity index (χ0n) is 14.9. The van der Waals surface area contributed by atoms with Gasteiger partial charge in [-0.2, -0.15) is 0 Å². The molecule has 0 unspecified atom stereocenters. The fourth-order valence-electron chi connectivity index (χ4n) is 3.05. The van der Waals surface area contributed by atoms with E-state index < -0.39 is 22.8 Å². The highest BCUT2D eigenvalue weighted by molar-refractivity contribution is 6.11. The Morgan fingerprint density at radius 1 is 1.10 bits per heavy atom. The van der Waals surface area contributed by atoms with Crippen LogP contribution in [-0.2, 0) is 6.54 Å². The number of aromatic amines is 1. The van der Waals surface area contributed by atoms with Gasteiger partial charge in [-0.1, -0.05) is 30.3 Å². The van der Waals surface area contributed by atoms with Gasteiger partial charge in [0.25, 0.3) is 5.56 Å². The van der Waals surface area contributed by atoms with E-state index in [1.165, 1.54) is 16.8 Å². The molecule has 0 bridgehead atoms. The summed E-state index contributed by atoms with van der Waals surface area (Å²) in [6, 6.07) is 13.4. The number of carbonyl (C=O) groups is 1. The number of benzene rings is 2. The number of H-pyrrole nitrogens is 1. The van der Waals surface area contributed by atoms with Crippen molar-refractivity contribution in [2.75, 3.05) is 0 Å². The van der Waals surface area contributed by atoms with Gasteiger partial charge in [0.2, 0.25) is 0 Å². The molecular formula is C21H14FN3O4. The molecular weight excluding hydrogens is 377 g/mol. The number of ketones is 1. The summed E-state index contributed by atoms with van der Waals surface area (Å²) in [5.41, 5.74) is -0.646. The van der Waals surface area contributed by atoms with E-state index in [4.69, 9.17) is 0 Å². The summed E-state index contributed by atoms with van der Waals surface area (Å²) in [5.74, 6) is -1.77. The van der Waals surface area contributed by atoms with Crippen molar-refractivity contribution >= 4 is 16.8 Å². The number of aromatic hydroxyl groups is 1. The number of nitrogens with one attached hydrogen (secondary N) is 1. The predicted molar refractivity (Wildman–Crippen MR) is 104 cm³/mol. The van der Waals surface area contributed by atoms with Crippen LogP contribution in [-0.4, -0.2) is 25.4 Å². The van der Waals surface area contributed by atoms with Crippen molar-refractivity contribution in [3.63, 3.8) is 0 Å². The predicted octanol–water partition coefficient (Wildman–Crippen LogP) is 2.21. The average molecular weight is 391 g/mol. The lowest BCUT2D eigenvalue weighted by molar-refractivity contribution is 0.103. The molecule has 0 saturated carbocycles. The molecule has 0 radical (unpaired) electrons. The summed E-state index contributed by atoms with van der Waals surface area (Å²) in [7, 11) is 0. The van der Waals surface area contributed by atoms with Crippen LogP contribution in [0.25, 0.3) is 11.0 Å². The third-order valence-corrected chi connectivity index (χ3v) is 4.48. The molecule has 0 spiro atoms. The molecule has 144 valence electrons.